The molecule has 0 radical (unpaired) electrons. The number of nitrogens with one attached hydrogen (secondary N) is 2. The Labute approximate surface area is 147 Å². The van der Waals surface area contributed by atoms with Gasteiger partial charge in [0, 0.05) is 18.1 Å². The summed E-state index contributed by atoms with van der Waals surface area (Å²) >= 11 is 6.09. The summed E-state index contributed by atoms with van der Waals surface area (Å²) in [5.41, 5.74) is 1.13. The van der Waals surface area contributed by atoms with Crippen molar-refractivity contribution >= 4 is 17.6 Å². The zero-order valence-electron chi connectivity index (χ0n) is 14.3. The summed E-state index contributed by atoms with van der Waals surface area (Å²) in [6.45, 7) is 4.52. The Morgan fingerprint density at radius 3 is 2.83 bits per heavy atom. The minimum absolute atomic E-state index is 0.106. The summed E-state index contributed by atoms with van der Waals surface area (Å²) in [6, 6.07) is 8.50. The normalized spacial score (nSPS) is 16.1. The van der Waals surface area contributed by atoms with E-state index in [-0.39, 0.29) is 6.04 Å². The molecule has 2 aromatic rings. The summed E-state index contributed by atoms with van der Waals surface area (Å²) in [7, 11) is 1.95. The average molecular weight is 347 g/mol. The third-order valence-electron chi connectivity index (χ3n) is 4.18. The fraction of sp³-hybridized carbons (Fsp3) is 0.471. The molecular weight excluding hydrogens is 324 g/mol. The number of halogens is 1. The second kappa shape index (κ2) is 7.21. The number of hydrogen-bond acceptors (Lipinski definition) is 3. The maximum atomic E-state index is 6.09. The Balaban J connectivity index is 1.71. The van der Waals surface area contributed by atoms with Crippen molar-refractivity contribution in [3.8, 4) is 0 Å². The van der Waals surface area contributed by atoms with Crippen LogP contribution in [0.2, 0.25) is 5.02 Å². The molecule has 1 aromatic heterocycles. The minimum Gasteiger partial charge on any atom is -0.354 e. The molecule has 1 saturated carbocycles. The number of rotatable bonds is 5. The predicted molar refractivity (Wildman–Crippen MR) is 96.0 cm³/mol. The van der Waals surface area contributed by atoms with Crippen molar-refractivity contribution in [2.24, 2.45) is 12.0 Å². The minimum atomic E-state index is 0.106. The van der Waals surface area contributed by atoms with E-state index in [1.165, 1.54) is 12.8 Å². The summed E-state index contributed by atoms with van der Waals surface area (Å²) in [5.74, 6) is 2.53. The number of hydrogen-bond donors (Lipinski definition) is 2. The third-order valence-corrected chi connectivity index (χ3v) is 4.42. The van der Waals surface area contributed by atoms with E-state index in [2.05, 4.69) is 38.8 Å². The van der Waals surface area contributed by atoms with Gasteiger partial charge in [-0.1, -0.05) is 23.7 Å². The Kier molecular flexibility index (Phi) is 5.04. The van der Waals surface area contributed by atoms with Crippen molar-refractivity contribution in [3.05, 3.63) is 46.5 Å². The molecule has 7 heteroatoms. The number of aliphatic imine (C=N–C) groups is 1. The van der Waals surface area contributed by atoms with Crippen molar-refractivity contribution in [2.45, 2.75) is 45.3 Å². The maximum Gasteiger partial charge on any atom is 0.192 e. The number of guanidine groups is 1. The van der Waals surface area contributed by atoms with Crippen LogP contribution in [0.4, 0.5) is 0 Å². The standard InChI is InChI=1S/C17H23ClN6/c1-11(13-5-4-6-14(18)9-13)20-17(21-15-7-8-15)19-10-16-23-22-12(2)24(16)3/h4-6,9,11,15H,7-8,10H2,1-3H3,(H2,19,20,21). The van der Waals surface area contributed by atoms with Crippen LogP contribution >= 0.6 is 11.6 Å². The van der Waals surface area contributed by atoms with Crippen molar-refractivity contribution in [3.63, 3.8) is 0 Å². The van der Waals surface area contributed by atoms with Gasteiger partial charge in [-0.05, 0) is 44.4 Å². The fourth-order valence-electron chi connectivity index (χ4n) is 2.36. The lowest BCUT2D eigenvalue weighted by Gasteiger charge is -2.18. The molecular formula is C17H23ClN6. The van der Waals surface area contributed by atoms with Gasteiger partial charge in [0.2, 0.25) is 0 Å². The van der Waals surface area contributed by atoms with E-state index in [1.807, 2.05) is 36.7 Å². The number of aryl methyl sites for hydroxylation is 1. The highest BCUT2D eigenvalue weighted by atomic mass is 35.5. The highest BCUT2D eigenvalue weighted by molar-refractivity contribution is 6.30. The number of aromatic nitrogens is 3. The summed E-state index contributed by atoms with van der Waals surface area (Å²) in [6.07, 6.45) is 2.38. The Morgan fingerprint density at radius 1 is 1.42 bits per heavy atom. The Morgan fingerprint density at radius 2 is 2.21 bits per heavy atom. The second-order valence-corrected chi connectivity index (χ2v) is 6.66. The molecule has 1 aliphatic carbocycles. The molecule has 0 amide bonds. The third kappa shape index (κ3) is 4.26. The van der Waals surface area contributed by atoms with Crippen LogP contribution in [-0.4, -0.2) is 26.8 Å². The van der Waals surface area contributed by atoms with Gasteiger partial charge in [-0.3, -0.25) is 0 Å². The van der Waals surface area contributed by atoms with Gasteiger partial charge in [0.15, 0.2) is 11.8 Å². The van der Waals surface area contributed by atoms with Crippen molar-refractivity contribution in [1.82, 2.24) is 25.4 Å². The van der Waals surface area contributed by atoms with E-state index < -0.39 is 0 Å². The van der Waals surface area contributed by atoms with E-state index in [9.17, 15) is 0 Å². The first-order valence-corrected chi connectivity index (χ1v) is 8.58. The average Bonchev–Trinajstić information content (AvgIpc) is 3.32. The zero-order valence-corrected chi connectivity index (χ0v) is 15.0. The summed E-state index contributed by atoms with van der Waals surface area (Å²) < 4.78 is 1.96. The summed E-state index contributed by atoms with van der Waals surface area (Å²) in [5, 5.41) is 15.9. The van der Waals surface area contributed by atoms with Gasteiger partial charge in [0.05, 0.1) is 6.04 Å². The van der Waals surface area contributed by atoms with Crippen molar-refractivity contribution in [1.29, 1.82) is 0 Å². The Hall–Kier alpha value is -2.08. The van der Waals surface area contributed by atoms with Crippen LogP contribution in [0.5, 0.6) is 0 Å². The number of benzene rings is 1. The zero-order chi connectivity index (χ0) is 17.1. The van der Waals surface area contributed by atoms with Gasteiger partial charge in [-0.2, -0.15) is 0 Å². The molecule has 24 heavy (non-hydrogen) atoms. The van der Waals surface area contributed by atoms with Crippen LogP contribution < -0.4 is 10.6 Å². The molecule has 1 aliphatic rings. The van der Waals surface area contributed by atoms with E-state index >= 15 is 0 Å². The first-order chi connectivity index (χ1) is 11.5. The van der Waals surface area contributed by atoms with Crippen LogP contribution in [0.25, 0.3) is 0 Å². The Bertz CT molecular complexity index is 734. The monoisotopic (exact) mass is 346 g/mol. The second-order valence-electron chi connectivity index (χ2n) is 6.23. The van der Waals surface area contributed by atoms with Gasteiger partial charge in [-0.25, -0.2) is 4.99 Å². The van der Waals surface area contributed by atoms with Crippen molar-refractivity contribution < 1.29 is 0 Å². The van der Waals surface area contributed by atoms with Gasteiger partial charge in [0.1, 0.15) is 12.4 Å². The maximum absolute atomic E-state index is 6.09. The van der Waals surface area contributed by atoms with Crippen molar-refractivity contribution in [2.75, 3.05) is 0 Å². The highest BCUT2D eigenvalue weighted by Crippen LogP contribution is 2.20. The molecule has 0 spiro atoms. The molecule has 0 bridgehead atoms. The lowest BCUT2D eigenvalue weighted by atomic mass is 10.1. The molecule has 6 nitrogen and oxygen atoms in total. The van der Waals surface area contributed by atoms with E-state index in [0.717, 1.165) is 28.2 Å². The lowest BCUT2D eigenvalue weighted by Crippen LogP contribution is -2.40. The van der Waals surface area contributed by atoms with E-state index in [1.54, 1.807) is 0 Å². The van der Waals surface area contributed by atoms with E-state index in [4.69, 9.17) is 11.6 Å². The van der Waals surface area contributed by atoms with Crippen LogP contribution in [-0.2, 0) is 13.6 Å². The molecule has 1 unspecified atom stereocenters. The molecule has 128 valence electrons. The predicted octanol–water partition coefficient (Wildman–Crippen LogP) is 2.74. The highest BCUT2D eigenvalue weighted by Gasteiger charge is 2.23. The van der Waals surface area contributed by atoms with Crippen LogP contribution in [0, 0.1) is 6.92 Å². The molecule has 1 fully saturated rings. The van der Waals surface area contributed by atoms with Gasteiger partial charge < -0.3 is 15.2 Å². The van der Waals surface area contributed by atoms with Crippen LogP contribution in [0.1, 0.15) is 43.0 Å². The molecule has 2 N–H and O–H groups in total. The first-order valence-electron chi connectivity index (χ1n) is 8.21. The van der Waals surface area contributed by atoms with Gasteiger partial charge in [0.25, 0.3) is 0 Å². The lowest BCUT2D eigenvalue weighted by molar-refractivity contribution is 0.675. The molecule has 0 aliphatic heterocycles. The molecule has 1 atom stereocenters. The summed E-state index contributed by atoms with van der Waals surface area (Å²) in [4.78, 5) is 4.67. The van der Waals surface area contributed by atoms with Crippen LogP contribution in [0.15, 0.2) is 29.3 Å². The SMILES string of the molecule is Cc1nnc(CN=C(NC2CC2)NC(C)c2cccc(Cl)c2)n1C. The van der Waals surface area contributed by atoms with Gasteiger partial charge in [-0.15, -0.1) is 10.2 Å². The first kappa shape index (κ1) is 16.8. The molecule has 0 saturated heterocycles. The fourth-order valence-corrected chi connectivity index (χ4v) is 2.56. The van der Waals surface area contributed by atoms with Crippen LogP contribution in [0.3, 0.4) is 0 Å². The number of nitrogens with zero attached hydrogens (tertiary/aromatic N) is 4. The smallest absolute Gasteiger partial charge is 0.192 e. The quantitative estimate of drug-likeness (QED) is 0.645. The molecule has 1 aromatic carbocycles. The largest absolute Gasteiger partial charge is 0.354 e. The van der Waals surface area contributed by atoms with E-state index in [0.29, 0.717) is 12.6 Å². The molecule has 3 rings (SSSR count). The topological polar surface area (TPSA) is 67.1 Å². The molecule has 1 heterocycles. The van der Waals surface area contributed by atoms with Gasteiger partial charge >= 0.3 is 0 Å².